The van der Waals surface area contributed by atoms with Gasteiger partial charge in [0.05, 0.1) is 11.5 Å². The van der Waals surface area contributed by atoms with Gasteiger partial charge in [-0.2, -0.15) is 0 Å². The molecule has 30 heavy (non-hydrogen) atoms. The lowest BCUT2D eigenvalue weighted by Crippen LogP contribution is -2.24. The molecule has 2 amide bonds. The summed E-state index contributed by atoms with van der Waals surface area (Å²) in [5, 5.41) is 5.20. The zero-order chi connectivity index (χ0) is 22.0. The van der Waals surface area contributed by atoms with E-state index in [1.54, 1.807) is 24.3 Å². The Morgan fingerprint density at radius 2 is 1.73 bits per heavy atom. The van der Waals surface area contributed by atoms with Crippen LogP contribution >= 0.6 is 0 Å². The SMILES string of the molecule is C=CCNS(=O)(=O)c1cccc(C(=O)Nc2cccc(NC(=O)OCCOC)c2)c1. The molecule has 2 aromatic rings. The van der Waals surface area contributed by atoms with Gasteiger partial charge < -0.3 is 14.8 Å². The Bertz CT molecular complexity index is 1010. The molecular formula is C20H23N3O6S. The molecule has 0 aromatic heterocycles. The molecule has 0 saturated carbocycles. The van der Waals surface area contributed by atoms with Crippen molar-refractivity contribution in [2.45, 2.75) is 4.90 Å². The van der Waals surface area contributed by atoms with E-state index in [2.05, 4.69) is 21.9 Å². The quantitative estimate of drug-likeness (QED) is 0.391. The second kappa shape index (κ2) is 11.1. The summed E-state index contributed by atoms with van der Waals surface area (Å²) in [6, 6.07) is 12.1. The van der Waals surface area contributed by atoms with Crippen molar-refractivity contribution in [1.29, 1.82) is 0 Å². The molecule has 10 heteroatoms. The fraction of sp³-hybridized carbons (Fsp3) is 0.200. The molecule has 0 unspecified atom stereocenters. The molecule has 160 valence electrons. The average Bonchev–Trinajstić information content (AvgIpc) is 2.73. The van der Waals surface area contributed by atoms with E-state index in [1.165, 1.54) is 37.5 Å². The largest absolute Gasteiger partial charge is 0.447 e. The van der Waals surface area contributed by atoms with Gasteiger partial charge in [0.15, 0.2) is 0 Å². The van der Waals surface area contributed by atoms with Gasteiger partial charge in [-0.15, -0.1) is 6.58 Å². The number of rotatable bonds is 10. The van der Waals surface area contributed by atoms with Gasteiger partial charge in [0.2, 0.25) is 10.0 Å². The van der Waals surface area contributed by atoms with Crippen LogP contribution in [0.15, 0.2) is 66.1 Å². The van der Waals surface area contributed by atoms with E-state index in [4.69, 9.17) is 9.47 Å². The van der Waals surface area contributed by atoms with Gasteiger partial charge in [-0.25, -0.2) is 17.9 Å². The van der Waals surface area contributed by atoms with Crippen LogP contribution in [0.4, 0.5) is 16.2 Å². The third-order valence-corrected chi connectivity index (χ3v) is 5.13. The van der Waals surface area contributed by atoms with Crippen LogP contribution in [0, 0.1) is 0 Å². The van der Waals surface area contributed by atoms with E-state index in [9.17, 15) is 18.0 Å². The van der Waals surface area contributed by atoms with E-state index in [0.717, 1.165) is 0 Å². The van der Waals surface area contributed by atoms with Crippen LogP contribution in [0.5, 0.6) is 0 Å². The van der Waals surface area contributed by atoms with Gasteiger partial charge in [0, 0.05) is 30.6 Å². The van der Waals surface area contributed by atoms with E-state index in [-0.39, 0.29) is 30.2 Å². The van der Waals surface area contributed by atoms with Gasteiger partial charge in [-0.05, 0) is 36.4 Å². The summed E-state index contributed by atoms with van der Waals surface area (Å²) in [6.07, 6.45) is 0.767. The maximum Gasteiger partial charge on any atom is 0.411 e. The Kier molecular flexibility index (Phi) is 8.54. The van der Waals surface area contributed by atoms with Gasteiger partial charge in [0.25, 0.3) is 5.91 Å². The normalized spacial score (nSPS) is 10.8. The van der Waals surface area contributed by atoms with Crippen LogP contribution in [-0.4, -0.2) is 47.3 Å². The van der Waals surface area contributed by atoms with Crippen molar-refractivity contribution in [3.63, 3.8) is 0 Å². The van der Waals surface area contributed by atoms with E-state index < -0.39 is 22.0 Å². The standard InChI is InChI=1S/C20H23N3O6S/c1-3-10-21-30(26,27)18-9-4-6-15(13-18)19(24)22-16-7-5-8-17(14-16)23-20(25)29-12-11-28-2/h3-9,13-14,21H,1,10-12H2,2H3,(H,22,24)(H,23,25). The van der Waals surface area contributed by atoms with E-state index in [1.807, 2.05) is 0 Å². The molecule has 0 atom stereocenters. The number of nitrogens with one attached hydrogen (secondary N) is 3. The predicted molar refractivity (Wildman–Crippen MR) is 113 cm³/mol. The number of sulfonamides is 1. The molecule has 0 fully saturated rings. The number of benzene rings is 2. The lowest BCUT2D eigenvalue weighted by molar-refractivity contribution is 0.102. The predicted octanol–water partition coefficient (Wildman–Crippen LogP) is 2.60. The van der Waals surface area contributed by atoms with Crippen LogP contribution < -0.4 is 15.4 Å². The lowest BCUT2D eigenvalue weighted by Gasteiger charge is -2.10. The van der Waals surface area contributed by atoms with Crippen LogP contribution in [0.3, 0.4) is 0 Å². The Hall–Kier alpha value is -3.21. The zero-order valence-corrected chi connectivity index (χ0v) is 17.2. The fourth-order valence-corrected chi connectivity index (χ4v) is 3.35. The highest BCUT2D eigenvalue weighted by atomic mass is 32.2. The van der Waals surface area contributed by atoms with Crippen molar-refractivity contribution in [3.8, 4) is 0 Å². The van der Waals surface area contributed by atoms with E-state index in [0.29, 0.717) is 11.4 Å². The number of anilines is 2. The van der Waals surface area contributed by atoms with Crippen molar-refractivity contribution in [2.24, 2.45) is 0 Å². The van der Waals surface area contributed by atoms with Gasteiger partial charge in [-0.1, -0.05) is 18.2 Å². The maximum atomic E-state index is 12.5. The highest BCUT2D eigenvalue weighted by molar-refractivity contribution is 7.89. The number of ether oxygens (including phenoxy) is 2. The van der Waals surface area contributed by atoms with Crippen molar-refractivity contribution < 1.29 is 27.5 Å². The lowest BCUT2D eigenvalue weighted by atomic mass is 10.2. The molecule has 3 N–H and O–H groups in total. The molecule has 2 aromatic carbocycles. The summed E-state index contributed by atoms with van der Waals surface area (Å²) >= 11 is 0. The molecule has 9 nitrogen and oxygen atoms in total. The molecule has 0 heterocycles. The zero-order valence-electron chi connectivity index (χ0n) is 16.4. The first kappa shape index (κ1) is 23.1. The molecule has 0 aliphatic rings. The minimum atomic E-state index is -3.75. The first-order valence-electron chi connectivity index (χ1n) is 8.90. The summed E-state index contributed by atoms with van der Waals surface area (Å²) in [4.78, 5) is 24.2. The molecule has 2 rings (SSSR count). The summed E-state index contributed by atoms with van der Waals surface area (Å²) in [5.41, 5.74) is 0.988. The third kappa shape index (κ3) is 6.99. The van der Waals surface area contributed by atoms with Crippen molar-refractivity contribution >= 4 is 33.4 Å². The summed E-state index contributed by atoms with van der Waals surface area (Å²) < 4.78 is 36.5. The van der Waals surface area contributed by atoms with E-state index >= 15 is 0 Å². The number of carbonyl (C=O) groups excluding carboxylic acids is 2. The molecule has 0 saturated heterocycles. The molecule has 0 aliphatic heterocycles. The minimum absolute atomic E-state index is 0.0359. The van der Waals surface area contributed by atoms with Crippen LogP contribution in [0.2, 0.25) is 0 Å². The van der Waals surface area contributed by atoms with Gasteiger partial charge in [0.1, 0.15) is 6.61 Å². The van der Waals surface area contributed by atoms with Gasteiger partial charge >= 0.3 is 6.09 Å². The Balaban J connectivity index is 2.07. The second-order valence-corrected chi connectivity index (χ2v) is 7.72. The Morgan fingerprint density at radius 3 is 2.43 bits per heavy atom. The van der Waals surface area contributed by atoms with Crippen molar-refractivity contribution in [3.05, 3.63) is 66.7 Å². The van der Waals surface area contributed by atoms with Crippen molar-refractivity contribution in [1.82, 2.24) is 4.72 Å². The molecule has 0 bridgehead atoms. The fourth-order valence-electron chi connectivity index (χ4n) is 2.31. The van der Waals surface area contributed by atoms with Crippen molar-refractivity contribution in [2.75, 3.05) is 37.5 Å². The van der Waals surface area contributed by atoms with Crippen LogP contribution in [-0.2, 0) is 19.5 Å². The number of amides is 2. The monoisotopic (exact) mass is 433 g/mol. The average molecular weight is 433 g/mol. The smallest absolute Gasteiger partial charge is 0.411 e. The number of hydrogen-bond donors (Lipinski definition) is 3. The second-order valence-electron chi connectivity index (χ2n) is 5.96. The Labute approximate surface area is 175 Å². The number of hydrogen-bond acceptors (Lipinski definition) is 6. The van der Waals surface area contributed by atoms with Crippen LogP contribution in [0.25, 0.3) is 0 Å². The maximum absolute atomic E-state index is 12.5. The highest BCUT2D eigenvalue weighted by Gasteiger charge is 2.15. The molecule has 0 aliphatic carbocycles. The first-order valence-corrected chi connectivity index (χ1v) is 10.4. The molecule has 0 radical (unpaired) electrons. The first-order chi connectivity index (χ1) is 14.4. The summed E-state index contributed by atoms with van der Waals surface area (Å²) in [7, 11) is -2.26. The molecular weight excluding hydrogens is 410 g/mol. The highest BCUT2D eigenvalue weighted by Crippen LogP contribution is 2.18. The summed E-state index contributed by atoms with van der Waals surface area (Å²) in [5.74, 6) is -0.504. The number of methoxy groups -OCH3 is 1. The van der Waals surface area contributed by atoms with Crippen LogP contribution in [0.1, 0.15) is 10.4 Å². The number of carbonyl (C=O) groups is 2. The van der Waals surface area contributed by atoms with Gasteiger partial charge in [-0.3, -0.25) is 10.1 Å². The minimum Gasteiger partial charge on any atom is -0.447 e. The summed E-state index contributed by atoms with van der Waals surface area (Å²) in [6.45, 7) is 3.93. The molecule has 0 spiro atoms. The topological polar surface area (TPSA) is 123 Å². The Morgan fingerprint density at radius 1 is 1.03 bits per heavy atom. The third-order valence-electron chi connectivity index (χ3n) is 3.71.